The zero-order valence-corrected chi connectivity index (χ0v) is 14.7. The summed E-state index contributed by atoms with van der Waals surface area (Å²) >= 11 is 0. The van der Waals surface area contributed by atoms with Crippen LogP contribution in [-0.4, -0.2) is 42.0 Å². The lowest BCUT2D eigenvalue weighted by Gasteiger charge is -2.38. The molecule has 0 unspecified atom stereocenters. The highest BCUT2D eigenvalue weighted by atomic mass is 16.5. The highest BCUT2D eigenvalue weighted by Gasteiger charge is 2.51. The number of hydrogen-bond donors (Lipinski definition) is 1. The second-order valence-corrected chi connectivity index (χ2v) is 7.02. The molecule has 2 aliphatic rings. The lowest BCUT2D eigenvalue weighted by molar-refractivity contribution is -0.135. The minimum absolute atomic E-state index is 0.0239. The molecule has 0 bridgehead atoms. The summed E-state index contributed by atoms with van der Waals surface area (Å²) in [6.45, 7) is 1.12. The highest BCUT2D eigenvalue weighted by molar-refractivity contribution is 6.07. The molecule has 3 heterocycles. The molecule has 0 atom stereocenters. The van der Waals surface area contributed by atoms with Gasteiger partial charge < -0.3 is 14.3 Å². The topological polar surface area (TPSA) is 86.6 Å². The van der Waals surface area contributed by atoms with Crippen LogP contribution in [0.15, 0.2) is 39.6 Å². The van der Waals surface area contributed by atoms with Gasteiger partial charge in [-0.05, 0) is 24.5 Å². The summed E-state index contributed by atoms with van der Waals surface area (Å²) < 4.78 is 4.98. The van der Waals surface area contributed by atoms with E-state index in [1.807, 2.05) is 36.2 Å². The van der Waals surface area contributed by atoms with Crippen LogP contribution in [-0.2, 0) is 21.4 Å². The molecule has 4 rings (SSSR count). The third-order valence-corrected chi connectivity index (χ3v) is 5.62. The van der Waals surface area contributed by atoms with Gasteiger partial charge in [-0.3, -0.25) is 14.4 Å². The van der Waals surface area contributed by atoms with Crippen molar-refractivity contribution < 1.29 is 14.1 Å². The van der Waals surface area contributed by atoms with E-state index in [1.54, 1.807) is 4.90 Å². The number of likely N-dealkylation sites (tertiary alicyclic amines) is 1. The van der Waals surface area contributed by atoms with E-state index in [4.69, 9.17) is 4.52 Å². The largest absolute Gasteiger partial charge is 0.384 e. The molecule has 0 aliphatic carbocycles. The Morgan fingerprint density at radius 2 is 1.96 bits per heavy atom. The average molecular weight is 355 g/mol. The average Bonchev–Trinajstić information content (AvgIpc) is 3.17. The van der Waals surface area contributed by atoms with E-state index < -0.39 is 5.41 Å². The number of aromatic nitrogens is 1. The van der Waals surface area contributed by atoms with Crippen LogP contribution in [0.1, 0.15) is 30.6 Å². The number of amides is 2. The van der Waals surface area contributed by atoms with Gasteiger partial charge in [-0.25, -0.2) is 0 Å². The number of H-pyrrole nitrogens is 1. The van der Waals surface area contributed by atoms with Crippen LogP contribution < -0.4 is 10.5 Å². The van der Waals surface area contributed by atoms with E-state index >= 15 is 0 Å². The number of carbonyl (C=O) groups excluding carboxylic acids is 2. The maximum absolute atomic E-state index is 12.9. The van der Waals surface area contributed by atoms with Gasteiger partial charge in [0.25, 0.3) is 5.56 Å². The van der Waals surface area contributed by atoms with Crippen molar-refractivity contribution in [3.63, 3.8) is 0 Å². The molecule has 136 valence electrons. The number of piperidine rings is 1. The predicted molar refractivity (Wildman–Crippen MR) is 95.0 cm³/mol. The number of likely N-dealkylation sites (N-methyl/N-ethyl adjacent to an activating group) is 1. The monoisotopic (exact) mass is 355 g/mol. The Labute approximate surface area is 150 Å². The molecule has 1 saturated heterocycles. The minimum Gasteiger partial charge on any atom is -0.384 e. The molecule has 0 radical (unpaired) electrons. The number of anilines is 1. The first kappa shape index (κ1) is 16.6. The number of aromatic amines is 1. The van der Waals surface area contributed by atoms with E-state index in [0.717, 1.165) is 11.3 Å². The van der Waals surface area contributed by atoms with E-state index in [-0.39, 0.29) is 23.8 Å². The summed E-state index contributed by atoms with van der Waals surface area (Å²) in [5.74, 6) is 0.633. The van der Waals surface area contributed by atoms with Crippen molar-refractivity contribution in [2.45, 2.75) is 31.1 Å². The maximum atomic E-state index is 12.9. The van der Waals surface area contributed by atoms with Crippen molar-refractivity contribution >= 4 is 17.5 Å². The van der Waals surface area contributed by atoms with Gasteiger partial charge in [-0.1, -0.05) is 18.2 Å². The first-order chi connectivity index (χ1) is 12.5. The number of fused-ring (bicyclic) bond motifs is 2. The van der Waals surface area contributed by atoms with Crippen molar-refractivity contribution in [1.29, 1.82) is 0 Å². The first-order valence-electron chi connectivity index (χ1n) is 8.84. The standard InChI is InChI=1S/C19H21N3O4/c1-21-15-5-3-2-4-14(15)19(18(21)25)8-10-22(11-9-19)17(24)7-6-13-12-16(23)20-26-13/h2-5,12H,6-11H2,1H3,(H,20,23). The van der Waals surface area contributed by atoms with Crippen LogP contribution in [0.4, 0.5) is 5.69 Å². The van der Waals surface area contributed by atoms with Crippen molar-refractivity contribution in [1.82, 2.24) is 10.1 Å². The van der Waals surface area contributed by atoms with Gasteiger partial charge >= 0.3 is 0 Å². The number of carbonyl (C=O) groups is 2. The Hall–Kier alpha value is -2.83. The van der Waals surface area contributed by atoms with E-state index in [0.29, 0.717) is 38.1 Å². The van der Waals surface area contributed by atoms with Gasteiger partial charge in [0.1, 0.15) is 5.76 Å². The molecule has 1 aromatic carbocycles. The van der Waals surface area contributed by atoms with E-state index in [9.17, 15) is 14.4 Å². The van der Waals surface area contributed by atoms with Gasteiger partial charge in [-0.15, -0.1) is 0 Å². The van der Waals surface area contributed by atoms with Crippen LogP contribution in [0.3, 0.4) is 0 Å². The molecule has 1 aromatic heterocycles. The Morgan fingerprint density at radius 3 is 2.65 bits per heavy atom. The molecule has 1 fully saturated rings. The molecule has 1 N–H and O–H groups in total. The van der Waals surface area contributed by atoms with Crippen molar-refractivity contribution in [2.24, 2.45) is 0 Å². The van der Waals surface area contributed by atoms with Crippen LogP contribution in [0.5, 0.6) is 0 Å². The van der Waals surface area contributed by atoms with Crippen LogP contribution >= 0.6 is 0 Å². The zero-order chi connectivity index (χ0) is 18.3. The summed E-state index contributed by atoms with van der Waals surface area (Å²) in [6.07, 6.45) is 1.96. The lowest BCUT2D eigenvalue weighted by atomic mass is 9.73. The molecule has 2 amide bonds. The smallest absolute Gasteiger partial charge is 0.280 e. The first-order valence-corrected chi connectivity index (χ1v) is 8.84. The Morgan fingerprint density at radius 1 is 1.23 bits per heavy atom. The molecule has 0 saturated carbocycles. The number of nitrogens with zero attached hydrogens (tertiary/aromatic N) is 2. The van der Waals surface area contributed by atoms with Crippen molar-refractivity contribution in [3.8, 4) is 0 Å². The van der Waals surface area contributed by atoms with Gasteiger partial charge in [0.05, 0.1) is 5.41 Å². The summed E-state index contributed by atoms with van der Waals surface area (Å²) in [6, 6.07) is 9.28. The molecule has 2 aliphatic heterocycles. The van der Waals surface area contributed by atoms with Crippen molar-refractivity contribution in [2.75, 3.05) is 25.0 Å². The van der Waals surface area contributed by atoms with Gasteiger partial charge in [0.15, 0.2) is 0 Å². The molecule has 1 spiro atoms. The second kappa shape index (κ2) is 6.16. The number of para-hydroxylation sites is 1. The maximum Gasteiger partial charge on any atom is 0.280 e. The summed E-state index contributed by atoms with van der Waals surface area (Å²) in [5.41, 5.74) is 1.25. The quantitative estimate of drug-likeness (QED) is 0.903. The Kier molecular flexibility index (Phi) is 3.94. The zero-order valence-electron chi connectivity index (χ0n) is 14.7. The Balaban J connectivity index is 1.43. The SMILES string of the molecule is CN1C(=O)C2(CCN(C(=O)CCc3cc(=O)[nH]o3)CC2)c2ccccc21. The number of hydrogen-bond acceptors (Lipinski definition) is 4. The fourth-order valence-electron chi connectivity index (χ4n) is 4.17. The Bertz CT molecular complexity index is 905. The molecular formula is C19H21N3O4. The molecule has 7 heteroatoms. The molecule has 26 heavy (non-hydrogen) atoms. The minimum atomic E-state index is -0.504. The van der Waals surface area contributed by atoms with E-state index in [2.05, 4.69) is 5.16 Å². The fraction of sp³-hybridized carbons (Fsp3) is 0.421. The number of rotatable bonds is 3. The van der Waals surface area contributed by atoms with E-state index in [1.165, 1.54) is 6.07 Å². The molecule has 7 nitrogen and oxygen atoms in total. The van der Waals surface area contributed by atoms with Gasteiger partial charge in [0, 0.05) is 44.7 Å². The van der Waals surface area contributed by atoms with Crippen LogP contribution in [0.25, 0.3) is 0 Å². The van der Waals surface area contributed by atoms with Crippen LogP contribution in [0, 0.1) is 0 Å². The fourth-order valence-corrected chi connectivity index (χ4v) is 4.17. The van der Waals surface area contributed by atoms with Crippen molar-refractivity contribution in [3.05, 3.63) is 52.0 Å². The number of benzene rings is 1. The highest BCUT2D eigenvalue weighted by Crippen LogP contribution is 2.47. The summed E-state index contributed by atoms with van der Waals surface area (Å²) in [4.78, 5) is 40.0. The number of nitrogens with one attached hydrogen (secondary N) is 1. The predicted octanol–water partition coefficient (Wildman–Crippen LogP) is 1.44. The summed E-state index contributed by atoms with van der Waals surface area (Å²) in [7, 11) is 1.82. The number of aryl methyl sites for hydroxylation is 1. The van der Waals surface area contributed by atoms with Crippen LogP contribution in [0.2, 0.25) is 0 Å². The molecule has 2 aromatic rings. The molecular weight excluding hydrogens is 334 g/mol. The van der Waals surface area contributed by atoms with Gasteiger partial charge in [0.2, 0.25) is 11.8 Å². The third-order valence-electron chi connectivity index (χ3n) is 5.62. The lowest BCUT2D eigenvalue weighted by Crippen LogP contribution is -2.49. The normalized spacial score (nSPS) is 18.4. The van der Waals surface area contributed by atoms with Gasteiger partial charge in [-0.2, -0.15) is 5.16 Å². The second-order valence-electron chi connectivity index (χ2n) is 7.02. The third kappa shape index (κ3) is 2.55. The summed E-state index contributed by atoms with van der Waals surface area (Å²) in [5, 5.41) is 2.23.